The monoisotopic (exact) mass is 297 g/mol. The van der Waals surface area contributed by atoms with E-state index in [-0.39, 0.29) is 22.1 Å². The van der Waals surface area contributed by atoms with Crippen LogP contribution in [0.3, 0.4) is 0 Å². The van der Waals surface area contributed by atoms with Crippen LogP contribution in [0.1, 0.15) is 30.5 Å². The number of hydrogen-bond donors (Lipinski definition) is 1. The molecule has 0 atom stereocenters. The highest BCUT2D eigenvalue weighted by Gasteiger charge is 2.32. The molecule has 3 nitrogen and oxygen atoms in total. The normalized spacial score (nSPS) is 15.6. The van der Waals surface area contributed by atoms with E-state index in [4.69, 9.17) is 0 Å². The summed E-state index contributed by atoms with van der Waals surface area (Å²) < 4.78 is 41.4. The Bertz CT molecular complexity index is 734. The van der Waals surface area contributed by atoms with Gasteiger partial charge in [-0.05, 0) is 37.8 Å². The molecule has 1 aliphatic rings. The molecule has 112 valence electrons. The summed E-state index contributed by atoms with van der Waals surface area (Å²) >= 11 is 0. The van der Waals surface area contributed by atoms with Crippen molar-refractivity contribution in [3.8, 4) is 5.75 Å². The third-order valence-electron chi connectivity index (χ3n) is 3.76. The average Bonchev–Trinajstić information content (AvgIpc) is 2.64. The van der Waals surface area contributed by atoms with Crippen molar-refractivity contribution in [3.05, 3.63) is 39.7 Å². The Morgan fingerprint density at radius 2 is 1.86 bits per heavy atom. The molecule has 1 aromatic carbocycles. The largest absolute Gasteiger partial charge is 0.573 e. The van der Waals surface area contributed by atoms with E-state index in [1.165, 1.54) is 18.2 Å². The number of aromatic amines is 1. The number of rotatable bonds is 1. The lowest BCUT2D eigenvalue weighted by atomic mass is 10.0. The van der Waals surface area contributed by atoms with Crippen molar-refractivity contribution >= 4 is 10.9 Å². The van der Waals surface area contributed by atoms with Crippen LogP contribution in [0.25, 0.3) is 10.9 Å². The second-order valence-corrected chi connectivity index (χ2v) is 5.20. The Balaban J connectivity index is 2.22. The molecule has 2 aromatic rings. The van der Waals surface area contributed by atoms with E-state index in [2.05, 4.69) is 9.72 Å². The van der Waals surface area contributed by atoms with Gasteiger partial charge in [0.05, 0.1) is 5.52 Å². The van der Waals surface area contributed by atoms with Gasteiger partial charge in [-0.15, -0.1) is 13.2 Å². The molecule has 0 saturated heterocycles. The number of ether oxygens (including phenoxy) is 1. The van der Waals surface area contributed by atoms with E-state index in [0.717, 1.165) is 25.0 Å². The predicted octanol–water partition coefficient (Wildman–Crippen LogP) is 3.70. The summed E-state index contributed by atoms with van der Waals surface area (Å²) in [7, 11) is 0. The average molecular weight is 297 g/mol. The fourth-order valence-electron chi connectivity index (χ4n) is 2.84. The second-order valence-electron chi connectivity index (χ2n) is 5.20. The Morgan fingerprint density at radius 3 is 2.62 bits per heavy atom. The van der Waals surface area contributed by atoms with Crippen molar-refractivity contribution in [2.45, 2.75) is 38.5 Å². The number of fused-ring (bicyclic) bond motifs is 2. The summed E-state index contributed by atoms with van der Waals surface area (Å²) in [6.45, 7) is 0. The third kappa shape index (κ3) is 2.75. The molecule has 0 aliphatic heterocycles. The Kier molecular flexibility index (Phi) is 3.39. The zero-order chi connectivity index (χ0) is 15.0. The first-order valence-corrected chi connectivity index (χ1v) is 6.88. The molecule has 6 heteroatoms. The van der Waals surface area contributed by atoms with Crippen LogP contribution < -0.4 is 10.2 Å². The molecular weight excluding hydrogens is 283 g/mol. The van der Waals surface area contributed by atoms with Crippen LogP contribution in [-0.2, 0) is 12.8 Å². The Morgan fingerprint density at radius 1 is 1.10 bits per heavy atom. The number of nitrogens with one attached hydrogen (secondary N) is 1. The lowest BCUT2D eigenvalue weighted by Gasteiger charge is -2.13. The second kappa shape index (κ2) is 5.09. The zero-order valence-electron chi connectivity index (χ0n) is 11.2. The summed E-state index contributed by atoms with van der Waals surface area (Å²) in [4.78, 5) is 15.5. The smallest absolute Gasteiger partial charge is 0.404 e. The van der Waals surface area contributed by atoms with Gasteiger partial charge >= 0.3 is 6.36 Å². The van der Waals surface area contributed by atoms with Gasteiger partial charge in [0.25, 0.3) is 0 Å². The number of aromatic nitrogens is 1. The maximum atomic E-state index is 12.5. The predicted molar refractivity (Wildman–Crippen MR) is 72.5 cm³/mol. The van der Waals surface area contributed by atoms with Gasteiger partial charge in [0.2, 0.25) is 0 Å². The number of alkyl halides is 3. The lowest BCUT2D eigenvalue weighted by Crippen LogP contribution is -2.19. The fourth-order valence-corrected chi connectivity index (χ4v) is 2.84. The van der Waals surface area contributed by atoms with E-state index in [1.54, 1.807) is 0 Å². The van der Waals surface area contributed by atoms with Crippen LogP contribution in [0.5, 0.6) is 5.75 Å². The van der Waals surface area contributed by atoms with Crippen LogP contribution >= 0.6 is 0 Å². The number of aryl methyl sites for hydroxylation is 1. The topological polar surface area (TPSA) is 42.1 Å². The highest BCUT2D eigenvalue weighted by Crippen LogP contribution is 2.29. The SMILES string of the molecule is O=c1c2c([nH]c3c(OC(F)(F)F)cccc13)CCCCC2. The third-order valence-corrected chi connectivity index (χ3v) is 3.76. The molecule has 3 rings (SSSR count). The number of halogens is 3. The van der Waals surface area contributed by atoms with Gasteiger partial charge in [0.1, 0.15) is 0 Å². The molecule has 0 saturated carbocycles. The van der Waals surface area contributed by atoms with Crippen molar-refractivity contribution in [2.75, 3.05) is 0 Å². The zero-order valence-corrected chi connectivity index (χ0v) is 11.2. The summed E-state index contributed by atoms with van der Waals surface area (Å²) in [5, 5.41) is 0.248. The van der Waals surface area contributed by atoms with Gasteiger partial charge in [0.15, 0.2) is 11.2 Å². The highest BCUT2D eigenvalue weighted by molar-refractivity contribution is 5.85. The van der Waals surface area contributed by atoms with Crippen LogP contribution in [0.2, 0.25) is 0 Å². The molecule has 0 bridgehead atoms. The number of para-hydroxylation sites is 1. The molecule has 0 amide bonds. The van der Waals surface area contributed by atoms with Crippen molar-refractivity contribution < 1.29 is 17.9 Å². The van der Waals surface area contributed by atoms with Gasteiger partial charge in [0, 0.05) is 16.6 Å². The maximum Gasteiger partial charge on any atom is 0.573 e. The van der Waals surface area contributed by atoms with Crippen molar-refractivity contribution in [1.29, 1.82) is 0 Å². The fraction of sp³-hybridized carbons (Fsp3) is 0.400. The summed E-state index contributed by atoms with van der Waals surface area (Å²) in [6, 6.07) is 4.15. The molecule has 1 heterocycles. The molecule has 0 spiro atoms. The van der Waals surface area contributed by atoms with Gasteiger partial charge in [-0.3, -0.25) is 4.79 Å². The van der Waals surface area contributed by atoms with Crippen molar-refractivity contribution in [2.24, 2.45) is 0 Å². The molecule has 1 aromatic heterocycles. The van der Waals surface area contributed by atoms with Gasteiger partial charge < -0.3 is 9.72 Å². The quantitative estimate of drug-likeness (QED) is 0.816. The van der Waals surface area contributed by atoms with Crippen LogP contribution in [0, 0.1) is 0 Å². The van der Waals surface area contributed by atoms with Gasteiger partial charge in [-0.2, -0.15) is 0 Å². The number of hydrogen-bond acceptors (Lipinski definition) is 2. The summed E-state index contributed by atoms with van der Waals surface area (Å²) in [5.74, 6) is -0.357. The molecule has 1 aliphatic carbocycles. The standard InChI is InChI=1S/C15H14F3NO2/c16-15(17,18)21-12-8-4-6-10-13(12)19-11-7-3-1-2-5-9(11)14(10)20/h4,6,8H,1-3,5,7H2,(H,19,20). The minimum absolute atomic E-state index is 0.125. The molecule has 0 radical (unpaired) electrons. The first-order chi connectivity index (χ1) is 9.96. The molecule has 0 fully saturated rings. The van der Waals surface area contributed by atoms with E-state index in [9.17, 15) is 18.0 Å². The van der Waals surface area contributed by atoms with E-state index >= 15 is 0 Å². The Hall–Kier alpha value is -1.98. The van der Waals surface area contributed by atoms with Gasteiger partial charge in [-0.1, -0.05) is 12.5 Å². The lowest BCUT2D eigenvalue weighted by molar-refractivity contribution is -0.274. The molecule has 1 N–H and O–H groups in total. The molecule has 21 heavy (non-hydrogen) atoms. The van der Waals surface area contributed by atoms with Crippen molar-refractivity contribution in [3.63, 3.8) is 0 Å². The van der Waals surface area contributed by atoms with E-state index in [0.29, 0.717) is 18.4 Å². The van der Waals surface area contributed by atoms with Gasteiger partial charge in [-0.25, -0.2) is 0 Å². The minimum Gasteiger partial charge on any atom is -0.404 e. The molecule has 0 unspecified atom stereocenters. The summed E-state index contributed by atoms with van der Waals surface area (Å²) in [5.41, 5.74) is 1.38. The van der Waals surface area contributed by atoms with Crippen LogP contribution in [-0.4, -0.2) is 11.3 Å². The minimum atomic E-state index is -4.78. The number of H-pyrrole nitrogens is 1. The van der Waals surface area contributed by atoms with E-state index < -0.39 is 6.36 Å². The highest BCUT2D eigenvalue weighted by atomic mass is 19.4. The first kappa shape index (κ1) is 14.0. The van der Waals surface area contributed by atoms with Crippen LogP contribution in [0.15, 0.2) is 23.0 Å². The number of pyridine rings is 1. The Labute approximate surface area is 118 Å². The number of benzene rings is 1. The first-order valence-electron chi connectivity index (χ1n) is 6.88. The maximum absolute atomic E-state index is 12.5. The summed E-state index contributed by atoms with van der Waals surface area (Å²) in [6.07, 6.45) is -0.551. The molecular formula is C15H14F3NO2. The van der Waals surface area contributed by atoms with Crippen LogP contribution in [0.4, 0.5) is 13.2 Å². The van der Waals surface area contributed by atoms with E-state index in [1.807, 2.05) is 0 Å². The van der Waals surface area contributed by atoms with Crippen molar-refractivity contribution in [1.82, 2.24) is 4.98 Å².